The van der Waals surface area contributed by atoms with Crippen LogP contribution in [-0.4, -0.2) is 135 Å². The Hall–Kier alpha value is -2.32. The number of carbonyl (C=O) groups excluding carboxylic acids is 4. The molecule has 0 aliphatic carbocycles. The van der Waals surface area contributed by atoms with Crippen LogP contribution in [0.5, 0.6) is 0 Å². The monoisotopic (exact) mass is 1060 g/mol. The second-order valence-electron chi connectivity index (χ2n) is 22.3. The summed E-state index contributed by atoms with van der Waals surface area (Å²) in [5.41, 5.74) is 0. The van der Waals surface area contributed by atoms with E-state index in [0.717, 1.165) is 51.4 Å². The maximum absolute atomic E-state index is 13.1. The highest BCUT2D eigenvalue weighted by atomic mass is 16.5. The molecular weight excluding hydrogens is 937 g/mol. The van der Waals surface area contributed by atoms with E-state index < -0.39 is 0 Å². The SMILES string of the molecule is CCCCCCCCCCCCNC(=O)CN(CCNCCN(O)CCN(CC(=O)NCCCCCCCCCCCC)CC(=O)NCCCCCCCCCCCC)CC(=O)NCCCCCCCCCCCC. The topological polar surface area (TPSA) is 158 Å². The first-order chi connectivity index (χ1) is 36.7. The number of hydrogen-bond acceptors (Lipinski definition) is 9. The molecule has 0 unspecified atom stereocenters. The lowest BCUT2D eigenvalue weighted by atomic mass is 10.1. The van der Waals surface area contributed by atoms with Gasteiger partial charge in [-0.25, -0.2) is 0 Å². The first-order valence-corrected chi connectivity index (χ1v) is 32.4. The Balaban J connectivity index is 5.00. The Labute approximate surface area is 463 Å². The molecule has 0 spiro atoms. The fraction of sp³-hybridized carbons (Fsp3) is 0.935. The van der Waals surface area contributed by atoms with Crippen molar-refractivity contribution < 1.29 is 24.4 Å². The van der Waals surface area contributed by atoms with Crippen molar-refractivity contribution in [2.45, 2.75) is 285 Å². The molecule has 0 rings (SSSR count). The van der Waals surface area contributed by atoms with Gasteiger partial charge in [-0.1, -0.05) is 259 Å². The third-order valence-electron chi connectivity index (χ3n) is 14.7. The van der Waals surface area contributed by atoms with Crippen LogP contribution in [0.4, 0.5) is 0 Å². The van der Waals surface area contributed by atoms with E-state index in [1.165, 1.54) is 211 Å². The third kappa shape index (κ3) is 56.2. The van der Waals surface area contributed by atoms with Crippen molar-refractivity contribution in [3.63, 3.8) is 0 Å². The van der Waals surface area contributed by atoms with E-state index in [1.807, 2.05) is 9.80 Å². The average Bonchev–Trinajstić information content (AvgIpc) is 3.39. The summed E-state index contributed by atoms with van der Waals surface area (Å²) in [6.45, 7) is 14.7. The lowest BCUT2D eigenvalue weighted by molar-refractivity contribution is -0.128. The van der Waals surface area contributed by atoms with E-state index >= 15 is 0 Å². The minimum atomic E-state index is -0.0934. The minimum absolute atomic E-state index is 0.0560. The van der Waals surface area contributed by atoms with E-state index in [4.69, 9.17) is 0 Å². The van der Waals surface area contributed by atoms with Crippen molar-refractivity contribution in [1.82, 2.24) is 41.4 Å². The van der Waals surface area contributed by atoms with Gasteiger partial charge < -0.3 is 31.8 Å². The molecule has 13 heteroatoms. The molecule has 0 saturated carbocycles. The molecule has 0 aromatic rings. The molecule has 75 heavy (non-hydrogen) atoms. The van der Waals surface area contributed by atoms with E-state index in [2.05, 4.69) is 54.3 Å². The summed E-state index contributed by atoms with van der Waals surface area (Å²) in [6, 6.07) is 0. The summed E-state index contributed by atoms with van der Waals surface area (Å²) in [4.78, 5) is 56.1. The fourth-order valence-electron chi connectivity index (χ4n) is 9.76. The largest absolute Gasteiger partial charge is 0.355 e. The van der Waals surface area contributed by atoms with Crippen molar-refractivity contribution >= 4 is 23.6 Å². The molecule has 444 valence electrons. The predicted molar refractivity (Wildman–Crippen MR) is 319 cm³/mol. The van der Waals surface area contributed by atoms with Gasteiger partial charge in [-0.3, -0.25) is 29.0 Å². The maximum atomic E-state index is 13.1. The van der Waals surface area contributed by atoms with Crippen molar-refractivity contribution in [3.05, 3.63) is 0 Å². The molecular formula is C62H126N8O5. The van der Waals surface area contributed by atoms with Crippen LogP contribution >= 0.6 is 0 Å². The number of carbonyl (C=O) groups is 4. The van der Waals surface area contributed by atoms with Gasteiger partial charge >= 0.3 is 0 Å². The first-order valence-electron chi connectivity index (χ1n) is 32.4. The van der Waals surface area contributed by atoms with E-state index in [9.17, 15) is 24.4 Å². The van der Waals surface area contributed by atoms with Crippen molar-refractivity contribution in [3.8, 4) is 0 Å². The Morgan fingerprint density at radius 2 is 0.480 bits per heavy atom. The van der Waals surface area contributed by atoms with Crippen molar-refractivity contribution in [2.75, 3.05) is 91.6 Å². The smallest absolute Gasteiger partial charge is 0.234 e. The molecule has 0 atom stereocenters. The molecule has 0 bridgehead atoms. The zero-order valence-corrected chi connectivity index (χ0v) is 50.1. The van der Waals surface area contributed by atoms with Crippen LogP contribution in [0.2, 0.25) is 0 Å². The zero-order chi connectivity index (χ0) is 54.8. The molecule has 0 fully saturated rings. The highest BCUT2D eigenvalue weighted by Gasteiger charge is 2.17. The van der Waals surface area contributed by atoms with Crippen LogP contribution in [0, 0.1) is 0 Å². The highest BCUT2D eigenvalue weighted by Crippen LogP contribution is 2.14. The summed E-state index contributed by atoms with van der Waals surface area (Å²) >= 11 is 0. The van der Waals surface area contributed by atoms with Crippen LogP contribution in [-0.2, 0) is 19.2 Å². The van der Waals surface area contributed by atoms with Crippen LogP contribution in [0.25, 0.3) is 0 Å². The molecule has 0 aliphatic rings. The Morgan fingerprint density at radius 1 is 0.267 bits per heavy atom. The van der Waals surface area contributed by atoms with Gasteiger partial charge in [0.1, 0.15) is 0 Å². The van der Waals surface area contributed by atoms with Crippen LogP contribution in [0.15, 0.2) is 0 Å². The summed E-state index contributed by atoms with van der Waals surface area (Å²) in [5, 5.41) is 27.9. The molecule has 0 aliphatic heterocycles. The molecule has 0 aromatic carbocycles. The van der Waals surface area contributed by atoms with Crippen molar-refractivity contribution in [2.24, 2.45) is 0 Å². The van der Waals surface area contributed by atoms with Crippen LogP contribution in [0.3, 0.4) is 0 Å². The minimum Gasteiger partial charge on any atom is -0.355 e. The number of nitrogens with zero attached hydrogens (tertiary/aromatic N) is 3. The van der Waals surface area contributed by atoms with Gasteiger partial charge in [0, 0.05) is 65.4 Å². The molecule has 0 aromatic heterocycles. The number of hydroxylamine groups is 2. The number of unbranched alkanes of at least 4 members (excludes halogenated alkanes) is 36. The van der Waals surface area contributed by atoms with Gasteiger partial charge in [0.15, 0.2) is 0 Å². The summed E-state index contributed by atoms with van der Waals surface area (Å²) < 4.78 is 0. The van der Waals surface area contributed by atoms with Crippen molar-refractivity contribution in [1.29, 1.82) is 0 Å². The summed E-state index contributed by atoms with van der Waals surface area (Å²) in [5.74, 6) is -0.299. The average molecular weight is 1060 g/mol. The third-order valence-corrected chi connectivity index (χ3v) is 14.7. The van der Waals surface area contributed by atoms with Crippen LogP contribution < -0.4 is 26.6 Å². The van der Waals surface area contributed by atoms with E-state index in [0.29, 0.717) is 58.9 Å². The quantitative estimate of drug-likeness (QED) is 0.0258. The Bertz CT molecular complexity index is 1170. The van der Waals surface area contributed by atoms with E-state index in [1.54, 1.807) is 0 Å². The standard InChI is InChI=1S/C62H126N8O5/c1-5-9-13-17-21-25-29-33-37-41-45-64-59(71)55-68(56-60(72)65-46-42-38-34-30-26-22-18-14-10-6-2)51-49-63-50-52-70(75)54-53-69(57-61(73)66-47-43-39-35-31-27-23-19-15-11-7-3)58-62(74)67-48-44-40-36-32-28-24-20-16-12-8-4/h63,75H,5-58H2,1-4H3,(H,64,71)(H,65,72)(H,66,73)(H,67,74). The van der Waals surface area contributed by atoms with Gasteiger partial charge in [0.25, 0.3) is 0 Å². The van der Waals surface area contributed by atoms with Gasteiger partial charge in [0.2, 0.25) is 23.6 Å². The Kier molecular flexibility index (Phi) is 57.5. The molecule has 0 saturated heterocycles. The molecule has 0 heterocycles. The van der Waals surface area contributed by atoms with E-state index in [-0.39, 0.29) is 56.4 Å². The number of hydrogen-bond donors (Lipinski definition) is 6. The molecule has 0 radical (unpaired) electrons. The second-order valence-corrected chi connectivity index (χ2v) is 22.3. The van der Waals surface area contributed by atoms with Gasteiger partial charge in [-0.2, -0.15) is 5.06 Å². The maximum Gasteiger partial charge on any atom is 0.234 e. The lowest BCUT2D eigenvalue weighted by Gasteiger charge is -2.24. The van der Waals surface area contributed by atoms with Gasteiger partial charge in [-0.05, 0) is 25.7 Å². The number of amides is 4. The van der Waals surface area contributed by atoms with Crippen LogP contribution in [0.1, 0.15) is 285 Å². The summed E-state index contributed by atoms with van der Waals surface area (Å²) in [7, 11) is 0. The molecule has 4 amide bonds. The number of nitrogens with one attached hydrogen (secondary N) is 5. The number of rotatable bonds is 61. The second kappa shape index (κ2) is 59.3. The van der Waals surface area contributed by atoms with Gasteiger partial charge in [-0.15, -0.1) is 0 Å². The zero-order valence-electron chi connectivity index (χ0n) is 50.1. The lowest BCUT2D eigenvalue weighted by Crippen LogP contribution is -2.47. The van der Waals surface area contributed by atoms with Gasteiger partial charge in [0.05, 0.1) is 26.2 Å². The summed E-state index contributed by atoms with van der Waals surface area (Å²) in [6.07, 6.45) is 49.8. The first kappa shape index (κ1) is 72.7. The molecule has 6 N–H and O–H groups in total. The highest BCUT2D eigenvalue weighted by molar-refractivity contribution is 5.81. The Morgan fingerprint density at radius 3 is 0.733 bits per heavy atom. The fourth-order valence-corrected chi connectivity index (χ4v) is 9.76. The normalized spacial score (nSPS) is 11.6. The predicted octanol–water partition coefficient (Wildman–Crippen LogP) is 13.0. The molecule has 13 nitrogen and oxygen atoms in total.